The van der Waals surface area contributed by atoms with Gasteiger partial charge in [0.05, 0.1) is 5.52 Å². The van der Waals surface area contributed by atoms with Gasteiger partial charge in [-0.25, -0.2) is 4.79 Å². The van der Waals surface area contributed by atoms with Gasteiger partial charge in [-0.1, -0.05) is 38.1 Å². The van der Waals surface area contributed by atoms with E-state index in [-0.39, 0.29) is 18.6 Å². The maximum Gasteiger partial charge on any atom is 0.331 e. The highest BCUT2D eigenvalue weighted by Crippen LogP contribution is 2.17. The van der Waals surface area contributed by atoms with Gasteiger partial charge in [0.1, 0.15) is 0 Å². The molecule has 1 heterocycles. The fraction of sp³-hybridized carbons (Fsp3) is 0.316. The van der Waals surface area contributed by atoms with Crippen molar-refractivity contribution in [3.63, 3.8) is 0 Å². The van der Waals surface area contributed by atoms with Crippen LogP contribution in [0.4, 0.5) is 0 Å². The van der Waals surface area contributed by atoms with E-state index in [9.17, 15) is 9.59 Å². The molecule has 2 rings (SSSR count). The molecule has 1 N–H and O–H groups in total. The first-order valence-corrected chi connectivity index (χ1v) is 8.12. The smallest absolute Gasteiger partial charge is 0.331 e. The third-order valence-corrected chi connectivity index (χ3v) is 3.76. The summed E-state index contributed by atoms with van der Waals surface area (Å²) in [5, 5.41) is 3.82. The van der Waals surface area contributed by atoms with Gasteiger partial charge in [-0.05, 0) is 25.0 Å². The SMILES string of the molecule is CCC(CC)NC(=O)COC(=O)C=Cc1cccc2cccnc12. The van der Waals surface area contributed by atoms with Crippen molar-refractivity contribution in [2.24, 2.45) is 0 Å². The van der Waals surface area contributed by atoms with Crippen LogP contribution in [0.15, 0.2) is 42.6 Å². The molecule has 0 aliphatic heterocycles. The number of carbonyl (C=O) groups is 2. The minimum absolute atomic E-state index is 0.119. The molecule has 5 nitrogen and oxygen atoms in total. The number of hydrogen-bond donors (Lipinski definition) is 1. The Morgan fingerprint density at radius 1 is 1.21 bits per heavy atom. The van der Waals surface area contributed by atoms with E-state index in [1.807, 2.05) is 44.2 Å². The molecule has 0 aliphatic carbocycles. The van der Waals surface area contributed by atoms with Crippen LogP contribution in [0.25, 0.3) is 17.0 Å². The van der Waals surface area contributed by atoms with E-state index >= 15 is 0 Å². The molecule has 1 aromatic carbocycles. The lowest BCUT2D eigenvalue weighted by atomic mass is 10.1. The van der Waals surface area contributed by atoms with E-state index in [0.717, 1.165) is 29.3 Å². The van der Waals surface area contributed by atoms with E-state index in [4.69, 9.17) is 4.74 Å². The average molecular weight is 326 g/mol. The van der Waals surface area contributed by atoms with E-state index in [1.54, 1.807) is 12.3 Å². The third-order valence-electron chi connectivity index (χ3n) is 3.76. The number of ether oxygens (including phenoxy) is 1. The van der Waals surface area contributed by atoms with Crippen molar-refractivity contribution in [3.05, 3.63) is 48.2 Å². The van der Waals surface area contributed by atoms with Crippen LogP contribution in [0.3, 0.4) is 0 Å². The van der Waals surface area contributed by atoms with Gasteiger partial charge in [0.2, 0.25) is 0 Å². The number of amides is 1. The standard InChI is InChI=1S/C19H22N2O3/c1-3-16(4-2)21-17(22)13-24-18(23)11-10-15-8-5-7-14-9-6-12-20-19(14)15/h5-12,16H,3-4,13H2,1-2H3,(H,21,22). The highest BCUT2D eigenvalue weighted by atomic mass is 16.5. The summed E-state index contributed by atoms with van der Waals surface area (Å²) in [5.74, 6) is -0.833. The first-order chi connectivity index (χ1) is 11.6. The van der Waals surface area contributed by atoms with Crippen molar-refractivity contribution >= 4 is 28.9 Å². The van der Waals surface area contributed by atoms with Gasteiger partial charge in [0.15, 0.2) is 6.61 Å². The summed E-state index contributed by atoms with van der Waals surface area (Å²) < 4.78 is 4.97. The van der Waals surface area contributed by atoms with Gasteiger partial charge >= 0.3 is 5.97 Å². The molecule has 1 aromatic heterocycles. The monoisotopic (exact) mass is 326 g/mol. The highest BCUT2D eigenvalue weighted by molar-refractivity contribution is 5.93. The Bertz CT molecular complexity index is 731. The van der Waals surface area contributed by atoms with Gasteiger partial charge < -0.3 is 10.1 Å². The Kier molecular flexibility index (Phi) is 6.49. The Morgan fingerprint density at radius 3 is 2.71 bits per heavy atom. The van der Waals surface area contributed by atoms with Crippen LogP contribution < -0.4 is 5.32 Å². The zero-order chi connectivity index (χ0) is 17.4. The lowest BCUT2D eigenvalue weighted by molar-refractivity contribution is -0.144. The quantitative estimate of drug-likeness (QED) is 0.627. The lowest BCUT2D eigenvalue weighted by Gasteiger charge is -2.14. The molecular weight excluding hydrogens is 304 g/mol. The molecule has 5 heteroatoms. The zero-order valence-corrected chi connectivity index (χ0v) is 14.0. The number of aromatic nitrogens is 1. The second kappa shape index (κ2) is 8.82. The molecule has 126 valence electrons. The van der Waals surface area contributed by atoms with Crippen molar-refractivity contribution in [3.8, 4) is 0 Å². The fourth-order valence-electron chi connectivity index (χ4n) is 2.37. The number of hydrogen-bond acceptors (Lipinski definition) is 4. The van der Waals surface area contributed by atoms with Crippen molar-refractivity contribution in [1.29, 1.82) is 0 Å². The number of benzene rings is 1. The van der Waals surface area contributed by atoms with Crippen molar-refractivity contribution in [2.45, 2.75) is 32.7 Å². The van der Waals surface area contributed by atoms with Gasteiger partial charge in [-0.3, -0.25) is 9.78 Å². The topological polar surface area (TPSA) is 68.3 Å². The van der Waals surface area contributed by atoms with Crippen LogP contribution in [0, 0.1) is 0 Å². The summed E-state index contributed by atoms with van der Waals surface area (Å²) in [6.45, 7) is 3.73. The molecule has 0 saturated heterocycles. The zero-order valence-electron chi connectivity index (χ0n) is 14.0. The maximum atomic E-state index is 11.8. The highest BCUT2D eigenvalue weighted by Gasteiger charge is 2.10. The molecule has 0 spiro atoms. The third kappa shape index (κ3) is 4.91. The molecular formula is C19H22N2O3. The van der Waals surface area contributed by atoms with Crippen molar-refractivity contribution in [1.82, 2.24) is 10.3 Å². The minimum Gasteiger partial charge on any atom is -0.452 e. The molecule has 0 aliphatic rings. The summed E-state index contributed by atoms with van der Waals surface area (Å²) in [5.41, 5.74) is 1.64. The fourth-order valence-corrected chi connectivity index (χ4v) is 2.37. The Hall–Kier alpha value is -2.69. The molecule has 0 atom stereocenters. The normalized spacial score (nSPS) is 11.1. The predicted octanol–water partition coefficient (Wildman–Crippen LogP) is 3.10. The Morgan fingerprint density at radius 2 is 1.96 bits per heavy atom. The van der Waals surface area contributed by atoms with E-state index in [0.29, 0.717) is 0 Å². The Labute approximate surface area is 141 Å². The lowest BCUT2D eigenvalue weighted by Crippen LogP contribution is -2.36. The molecule has 0 bridgehead atoms. The minimum atomic E-state index is -0.553. The molecule has 1 amide bonds. The van der Waals surface area contributed by atoms with Gasteiger partial charge in [0, 0.05) is 29.3 Å². The van der Waals surface area contributed by atoms with Crippen LogP contribution >= 0.6 is 0 Å². The predicted molar refractivity (Wildman–Crippen MR) is 94.2 cm³/mol. The van der Waals surface area contributed by atoms with E-state index < -0.39 is 5.97 Å². The number of nitrogens with zero attached hydrogens (tertiary/aromatic N) is 1. The maximum absolute atomic E-state index is 11.8. The molecule has 0 unspecified atom stereocenters. The molecule has 0 saturated carbocycles. The number of carbonyl (C=O) groups excluding carboxylic acids is 2. The van der Waals surface area contributed by atoms with Crippen LogP contribution in [0.2, 0.25) is 0 Å². The number of nitrogens with one attached hydrogen (secondary N) is 1. The number of pyridine rings is 1. The summed E-state index contributed by atoms with van der Waals surface area (Å²) in [7, 11) is 0. The molecule has 2 aromatic rings. The number of esters is 1. The van der Waals surface area contributed by atoms with Crippen LogP contribution in [0.5, 0.6) is 0 Å². The summed E-state index contributed by atoms with van der Waals surface area (Å²) in [6, 6.07) is 9.67. The average Bonchev–Trinajstić information content (AvgIpc) is 2.62. The second-order valence-electron chi connectivity index (χ2n) is 5.44. The Balaban J connectivity index is 1.92. The van der Waals surface area contributed by atoms with Crippen LogP contribution in [0.1, 0.15) is 32.3 Å². The summed E-state index contributed by atoms with van der Waals surface area (Å²) in [4.78, 5) is 27.8. The molecule has 0 radical (unpaired) electrons. The first-order valence-electron chi connectivity index (χ1n) is 8.12. The van der Waals surface area contributed by atoms with Crippen LogP contribution in [-0.4, -0.2) is 29.5 Å². The van der Waals surface area contributed by atoms with E-state index in [2.05, 4.69) is 10.3 Å². The van der Waals surface area contributed by atoms with Crippen molar-refractivity contribution < 1.29 is 14.3 Å². The number of rotatable bonds is 7. The van der Waals surface area contributed by atoms with Gasteiger partial charge in [-0.2, -0.15) is 0 Å². The van der Waals surface area contributed by atoms with Gasteiger partial charge in [-0.15, -0.1) is 0 Å². The second-order valence-corrected chi connectivity index (χ2v) is 5.44. The molecule has 24 heavy (non-hydrogen) atoms. The van der Waals surface area contributed by atoms with Gasteiger partial charge in [0.25, 0.3) is 5.91 Å². The summed E-state index contributed by atoms with van der Waals surface area (Å²) >= 11 is 0. The van der Waals surface area contributed by atoms with E-state index in [1.165, 1.54) is 6.08 Å². The molecule has 0 fully saturated rings. The van der Waals surface area contributed by atoms with Crippen molar-refractivity contribution in [2.75, 3.05) is 6.61 Å². The first kappa shape index (κ1) is 17.7. The van der Waals surface area contributed by atoms with Crippen LogP contribution in [-0.2, 0) is 14.3 Å². The summed E-state index contributed by atoms with van der Waals surface area (Å²) in [6.07, 6.45) is 6.37. The largest absolute Gasteiger partial charge is 0.452 e. The number of fused-ring (bicyclic) bond motifs is 1. The number of para-hydroxylation sites is 1.